The predicted molar refractivity (Wildman–Crippen MR) is 85.9 cm³/mol. The van der Waals surface area contributed by atoms with E-state index in [-0.39, 0.29) is 5.82 Å². The van der Waals surface area contributed by atoms with E-state index in [1.807, 2.05) is 10.7 Å². The predicted octanol–water partition coefficient (Wildman–Crippen LogP) is 3.63. The first kappa shape index (κ1) is 13.5. The second kappa shape index (κ2) is 5.54. The van der Waals surface area contributed by atoms with E-state index < -0.39 is 0 Å². The molecule has 0 atom stereocenters. The first-order valence-corrected chi connectivity index (χ1v) is 7.77. The molecule has 22 heavy (non-hydrogen) atoms. The van der Waals surface area contributed by atoms with Crippen LogP contribution in [0.3, 0.4) is 0 Å². The van der Waals surface area contributed by atoms with Crippen molar-refractivity contribution in [3.05, 3.63) is 60.0 Å². The molecule has 0 spiro atoms. The van der Waals surface area contributed by atoms with Crippen molar-refractivity contribution in [3.63, 3.8) is 0 Å². The highest BCUT2D eigenvalue weighted by atomic mass is 19.1. The number of para-hydroxylation sites is 1. The molecule has 112 valence electrons. The standard InChI is InChI=1S/C18H18FN3/c19-14-5-7-15(8-6-14)22-17-4-2-1-3-16(17)18(21-22)13-9-11-20-12-10-13/h1-8,13,20H,9-12H2. The summed E-state index contributed by atoms with van der Waals surface area (Å²) in [5, 5.41) is 9.49. The lowest BCUT2D eigenvalue weighted by atomic mass is 9.93. The van der Waals surface area contributed by atoms with Crippen molar-refractivity contribution >= 4 is 10.9 Å². The van der Waals surface area contributed by atoms with Gasteiger partial charge in [-0.25, -0.2) is 9.07 Å². The summed E-state index contributed by atoms with van der Waals surface area (Å²) >= 11 is 0. The van der Waals surface area contributed by atoms with Gasteiger partial charge < -0.3 is 5.32 Å². The summed E-state index contributed by atoms with van der Waals surface area (Å²) in [6.07, 6.45) is 2.23. The van der Waals surface area contributed by atoms with Gasteiger partial charge in [-0.1, -0.05) is 18.2 Å². The van der Waals surface area contributed by atoms with Gasteiger partial charge in [0.15, 0.2) is 0 Å². The summed E-state index contributed by atoms with van der Waals surface area (Å²) in [7, 11) is 0. The monoisotopic (exact) mass is 295 g/mol. The van der Waals surface area contributed by atoms with Gasteiger partial charge in [0.2, 0.25) is 0 Å². The molecule has 2 heterocycles. The van der Waals surface area contributed by atoms with Crippen LogP contribution in [0.2, 0.25) is 0 Å². The Morgan fingerprint density at radius 1 is 1.00 bits per heavy atom. The molecule has 0 aliphatic carbocycles. The molecule has 4 rings (SSSR count). The Balaban J connectivity index is 1.86. The zero-order valence-electron chi connectivity index (χ0n) is 12.3. The smallest absolute Gasteiger partial charge is 0.123 e. The van der Waals surface area contributed by atoms with Gasteiger partial charge in [-0.15, -0.1) is 0 Å². The van der Waals surface area contributed by atoms with Crippen LogP contribution in [0.4, 0.5) is 4.39 Å². The van der Waals surface area contributed by atoms with E-state index in [9.17, 15) is 4.39 Å². The van der Waals surface area contributed by atoms with Crippen molar-refractivity contribution in [1.29, 1.82) is 0 Å². The van der Waals surface area contributed by atoms with E-state index in [1.165, 1.54) is 23.2 Å². The summed E-state index contributed by atoms with van der Waals surface area (Å²) in [5.74, 6) is 0.270. The highest BCUT2D eigenvalue weighted by Gasteiger charge is 2.22. The van der Waals surface area contributed by atoms with Gasteiger partial charge >= 0.3 is 0 Å². The van der Waals surface area contributed by atoms with Crippen LogP contribution in [0.15, 0.2) is 48.5 Å². The maximum absolute atomic E-state index is 13.2. The van der Waals surface area contributed by atoms with Crippen LogP contribution in [-0.4, -0.2) is 22.9 Å². The highest BCUT2D eigenvalue weighted by Crippen LogP contribution is 2.31. The normalized spacial score (nSPS) is 16.2. The van der Waals surface area contributed by atoms with Crippen LogP contribution in [0.1, 0.15) is 24.5 Å². The van der Waals surface area contributed by atoms with Crippen LogP contribution < -0.4 is 5.32 Å². The molecule has 1 N–H and O–H groups in total. The zero-order valence-corrected chi connectivity index (χ0v) is 12.3. The molecule has 0 unspecified atom stereocenters. The van der Waals surface area contributed by atoms with Crippen LogP contribution in [0.5, 0.6) is 0 Å². The summed E-state index contributed by atoms with van der Waals surface area (Å²) in [6, 6.07) is 14.8. The maximum Gasteiger partial charge on any atom is 0.123 e. The third-order valence-corrected chi connectivity index (χ3v) is 4.41. The van der Waals surface area contributed by atoms with E-state index in [2.05, 4.69) is 23.5 Å². The van der Waals surface area contributed by atoms with Gasteiger partial charge in [0.05, 0.1) is 16.9 Å². The second-order valence-electron chi connectivity index (χ2n) is 5.81. The number of piperidine rings is 1. The lowest BCUT2D eigenvalue weighted by Gasteiger charge is -2.21. The molecule has 0 saturated carbocycles. The Kier molecular flexibility index (Phi) is 3.39. The summed E-state index contributed by atoms with van der Waals surface area (Å²) in [5.41, 5.74) is 3.15. The fourth-order valence-corrected chi connectivity index (χ4v) is 3.27. The van der Waals surface area contributed by atoms with Gasteiger partial charge in [-0.2, -0.15) is 5.10 Å². The Bertz CT molecular complexity index is 786. The molecule has 1 fully saturated rings. The molecule has 0 bridgehead atoms. The first-order chi connectivity index (χ1) is 10.8. The van der Waals surface area contributed by atoms with Gasteiger partial charge in [-0.05, 0) is 56.3 Å². The van der Waals surface area contributed by atoms with Crippen molar-refractivity contribution in [2.24, 2.45) is 0 Å². The summed E-state index contributed by atoms with van der Waals surface area (Å²) in [6.45, 7) is 2.09. The van der Waals surface area contributed by atoms with Crippen LogP contribution in [0.25, 0.3) is 16.6 Å². The van der Waals surface area contributed by atoms with E-state index in [1.54, 1.807) is 12.1 Å². The molecule has 1 aliphatic heterocycles. The molecular weight excluding hydrogens is 277 g/mol. The Labute approximate surface area is 128 Å². The minimum Gasteiger partial charge on any atom is -0.317 e. The molecule has 1 aliphatic rings. The third-order valence-electron chi connectivity index (χ3n) is 4.41. The highest BCUT2D eigenvalue weighted by molar-refractivity contribution is 5.84. The number of hydrogen-bond acceptors (Lipinski definition) is 2. The quantitative estimate of drug-likeness (QED) is 0.782. The van der Waals surface area contributed by atoms with Crippen molar-refractivity contribution in [3.8, 4) is 5.69 Å². The second-order valence-corrected chi connectivity index (χ2v) is 5.81. The minimum absolute atomic E-state index is 0.223. The van der Waals surface area contributed by atoms with E-state index in [4.69, 9.17) is 5.10 Å². The average Bonchev–Trinajstić information content (AvgIpc) is 2.96. The minimum atomic E-state index is -0.223. The maximum atomic E-state index is 13.2. The topological polar surface area (TPSA) is 29.9 Å². The van der Waals surface area contributed by atoms with Gasteiger partial charge in [0.1, 0.15) is 5.82 Å². The molecule has 3 aromatic rings. The molecule has 0 amide bonds. The summed E-state index contributed by atoms with van der Waals surface area (Å²) < 4.78 is 15.1. The fraction of sp³-hybridized carbons (Fsp3) is 0.278. The number of halogens is 1. The number of benzene rings is 2. The first-order valence-electron chi connectivity index (χ1n) is 7.77. The summed E-state index contributed by atoms with van der Waals surface area (Å²) in [4.78, 5) is 0. The van der Waals surface area contributed by atoms with Crippen molar-refractivity contribution in [2.75, 3.05) is 13.1 Å². The van der Waals surface area contributed by atoms with Crippen LogP contribution in [0, 0.1) is 5.82 Å². The zero-order chi connectivity index (χ0) is 14.9. The number of fused-ring (bicyclic) bond motifs is 1. The molecule has 1 aromatic heterocycles. The Morgan fingerprint density at radius 2 is 1.73 bits per heavy atom. The van der Waals surface area contributed by atoms with Crippen LogP contribution >= 0.6 is 0 Å². The molecule has 2 aromatic carbocycles. The lowest BCUT2D eigenvalue weighted by molar-refractivity contribution is 0.453. The van der Waals surface area contributed by atoms with Gasteiger partial charge in [0, 0.05) is 11.3 Å². The number of hydrogen-bond donors (Lipinski definition) is 1. The van der Waals surface area contributed by atoms with E-state index in [0.717, 1.165) is 37.1 Å². The largest absolute Gasteiger partial charge is 0.317 e. The molecule has 1 saturated heterocycles. The number of nitrogens with zero attached hydrogens (tertiary/aromatic N) is 2. The Morgan fingerprint density at radius 3 is 2.50 bits per heavy atom. The fourth-order valence-electron chi connectivity index (χ4n) is 3.27. The molecular formula is C18H18FN3. The molecule has 0 radical (unpaired) electrons. The SMILES string of the molecule is Fc1ccc(-n2nc(C3CCNCC3)c3ccccc32)cc1. The lowest BCUT2D eigenvalue weighted by Crippen LogP contribution is -2.26. The van der Waals surface area contributed by atoms with Crippen molar-refractivity contribution in [1.82, 2.24) is 15.1 Å². The van der Waals surface area contributed by atoms with Crippen LogP contribution in [-0.2, 0) is 0 Å². The molecule has 3 nitrogen and oxygen atoms in total. The number of nitrogens with one attached hydrogen (secondary N) is 1. The van der Waals surface area contributed by atoms with Crippen molar-refractivity contribution < 1.29 is 4.39 Å². The average molecular weight is 295 g/mol. The van der Waals surface area contributed by atoms with E-state index in [0.29, 0.717) is 5.92 Å². The van der Waals surface area contributed by atoms with Gasteiger partial charge in [-0.3, -0.25) is 0 Å². The number of rotatable bonds is 2. The Hall–Kier alpha value is -2.20. The van der Waals surface area contributed by atoms with Gasteiger partial charge in [0.25, 0.3) is 0 Å². The van der Waals surface area contributed by atoms with E-state index >= 15 is 0 Å². The number of aromatic nitrogens is 2. The molecule has 4 heteroatoms. The van der Waals surface area contributed by atoms with Crippen molar-refractivity contribution in [2.45, 2.75) is 18.8 Å². The third kappa shape index (κ3) is 2.29.